The summed E-state index contributed by atoms with van der Waals surface area (Å²) >= 11 is 0. The third-order valence-corrected chi connectivity index (χ3v) is 3.10. The number of ether oxygens (including phenoxy) is 1. The molecule has 2 aromatic rings. The van der Waals surface area contributed by atoms with Crippen molar-refractivity contribution in [2.75, 3.05) is 0 Å². The van der Waals surface area contributed by atoms with Crippen molar-refractivity contribution in [2.24, 2.45) is 0 Å². The number of allylic oxidation sites excluding steroid dienone is 3. The van der Waals surface area contributed by atoms with Gasteiger partial charge in [0.2, 0.25) is 0 Å². The summed E-state index contributed by atoms with van der Waals surface area (Å²) in [5, 5.41) is 9.26. The lowest BCUT2D eigenvalue weighted by Gasteiger charge is -2.17. The van der Waals surface area contributed by atoms with Crippen LogP contribution in [0.1, 0.15) is 11.1 Å². The first-order valence-electron chi connectivity index (χ1n) is 6.43. The number of hydrogen-bond donors (Lipinski definition) is 1. The molecular formula is C18H14O2. The van der Waals surface area contributed by atoms with Gasteiger partial charge in [0, 0.05) is 5.56 Å². The van der Waals surface area contributed by atoms with Gasteiger partial charge in [-0.25, -0.2) is 0 Å². The standard InChI is InChI=1S/C18H14O2/c19-13-17-11-16(14-7-3-1-4-8-14)12-18(20-17)15-9-5-2-6-10-15/h1-13,19H. The first-order chi connectivity index (χ1) is 9.86. The molecule has 20 heavy (non-hydrogen) atoms. The van der Waals surface area contributed by atoms with Gasteiger partial charge in [0.25, 0.3) is 0 Å². The zero-order valence-corrected chi connectivity index (χ0v) is 10.9. The maximum atomic E-state index is 9.26. The first kappa shape index (κ1) is 12.3. The smallest absolute Gasteiger partial charge is 0.162 e. The minimum atomic E-state index is 0.435. The fourth-order valence-corrected chi connectivity index (χ4v) is 2.13. The van der Waals surface area contributed by atoms with Crippen LogP contribution in [0.5, 0.6) is 0 Å². The molecule has 0 bridgehead atoms. The van der Waals surface area contributed by atoms with Gasteiger partial charge >= 0.3 is 0 Å². The Morgan fingerprint density at radius 1 is 0.750 bits per heavy atom. The molecule has 0 spiro atoms. The lowest BCUT2D eigenvalue weighted by atomic mass is 10.0. The molecule has 0 unspecified atom stereocenters. The van der Waals surface area contributed by atoms with Crippen LogP contribution in [0, 0.1) is 0 Å². The SMILES string of the molecule is OC=C1C=C(c2ccccc2)C=C(c2ccccc2)O1. The zero-order valence-electron chi connectivity index (χ0n) is 10.9. The fraction of sp³-hybridized carbons (Fsp3) is 0. The van der Waals surface area contributed by atoms with Crippen LogP contribution in [0.25, 0.3) is 11.3 Å². The van der Waals surface area contributed by atoms with Crippen molar-refractivity contribution in [3.8, 4) is 0 Å². The highest BCUT2D eigenvalue weighted by Gasteiger charge is 2.13. The summed E-state index contributed by atoms with van der Waals surface area (Å²) in [7, 11) is 0. The average Bonchev–Trinajstić information content (AvgIpc) is 2.56. The van der Waals surface area contributed by atoms with E-state index in [9.17, 15) is 5.11 Å². The second-order valence-corrected chi connectivity index (χ2v) is 4.47. The van der Waals surface area contributed by atoms with Crippen LogP contribution in [0.4, 0.5) is 0 Å². The predicted octanol–water partition coefficient (Wildman–Crippen LogP) is 4.54. The highest BCUT2D eigenvalue weighted by molar-refractivity contribution is 5.85. The third kappa shape index (κ3) is 2.50. The topological polar surface area (TPSA) is 29.5 Å². The Morgan fingerprint density at radius 2 is 1.35 bits per heavy atom. The Balaban J connectivity index is 2.05. The largest absolute Gasteiger partial charge is 0.512 e. The summed E-state index contributed by atoms with van der Waals surface area (Å²) in [6.07, 6.45) is 4.79. The van der Waals surface area contributed by atoms with Crippen LogP contribution >= 0.6 is 0 Å². The van der Waals surface area contributed by atoms with Gasteiger partial charge < -0.3 is 9.84 Å². The molecular weight excluding hydrogens is 248 g/mol. The molecule has 0 saturated heterocycles. The van der Waals surface area contributed by atoms with Crippen LogP contribution in [-0.2, 0) is 4.74 Å². The maximum Gasteiger partial charge on any atom is 0.162 e. The summed E-state index contributed by atoms with van der Waals surface area (Å²) in [4.78, 5) is 0. The van der Waals surface area contributed by atoms with Crippen molar-refractivity contribution in [2.45, 2.75) is 0 Å². The van der Waals surface area contributed by atoms with E-state index in [1.54, 1.807) is 0 Å². The second kappa shape index (κ2) is 5.49. The van der Waals surface area contributed by atoms with Gasteiger partial charge in [0.15, 0.2) is 5.76 Å². The molecule has 1 aliphatic rings. The lowest BCUT2D eigenvalue weighted by Crippen LogP contribution is -1.99. The van der Waals surface area contributed by atoms with E-state index in [2.05, 4.69) is 0 Å². The summed E-state index contributed by atoms with van der Waals surface area (Å²) in [6.45, 7) is 0. The summed E-state index contributed by atoms with van der Waals surface area (Å²) in [5.74, 6) is 1.16. The Kier molecular flexibility index (Phi) is 3.38. The summed E-state index contributed by atoms with van der Waals surface area (Å²) < 4.78 is 5.67. The number of benzene rings is 2. The lowest BCUT2D eigenvalue weighted by molar-refractivity contribution is 0.358. The van der Waals surface area contributed by atoms with E-state index < -0.39 is 0 Å². The predicted molar refractivity (Wildman–Crippen MR) is 80.6 cm³/mol. The van der Waals surface area contributed by atoms with Crippen LogP contribution in [0.2, 0.25) is 0 Å². The number of hydrogen-bond acceptors (Lipinski definition) is 2. The third-order valence-electron chi connectivity index (χ3n) is 3.10. The average molecular weight is 262 g/mol. The van der Waals surface area contributed by atoms with Gasteiger partial charge in [-0.1, -0.05) is 60.7 Å². The van der Waals surface area contributed by atoms with E-state index in [4.69, 9.17) is 4.74 Å². The Labute approximate surface area is 118 Å². The highest BCUT2D eigenvalue weighted by Crippen LogP contribution is 2.31. The minimum Gasteiger partial charge on any atom is -0.512 e. The molecule has 0 atom stereocenters. The van der Waals surface area contributed by atoms with Crippen molar-refractivity contribution < 1.29 is 9.84 Å². The normalized spacial score (nSPS) is 16.3. The van der Waals surface area contributed by atoms with Crippen LogP contribution < -0.4 is 0 Å². The van der Waals surface area contributed by atoms with Gasteiger partial charge in [-0.2, -0.15) is 0 Å². The quantitative estimate of drug-likeness (QED) is 0.805. The van der Waals surface area contributed by atoms with E-state index in [0.29, 0.717) is 5.76 Å². The number of aliphatic hydroxyl groups excluding tert-OH is 1. The highest BCUT2D eigenvalue weighted by atomic mass is 16.5. The Hall–Kier alpha value is -2.74. The maximum absolute atomic E-state index is 9.26. The van der Waals surface area contributed by atoms with Crippen molar-refractivity contribution in [3.63, 3.8) is 0 Å². The van der Waals surface area contributed by atoms with Gasteiger partial charge in [-0.15, -0.1) is 0 Å². The molecule has 0 aliphatic carbocycles. The van der Waals surface area contributed by atoms with E-state index in [0.717, 1.165) is 28.7 Å². The molecule has 98 valence electrons. The van der Waals surface area contributed by atoms with Crippen molar-refractivity contribution >= 4 is 11.3 Å². The molecule has 2 aromatic carbocycles. The molecule has 0 aromatic heterocycles. The molecule has 1 aliphatic heterocycles. The van der Waals surface area contributed by atoms with Gasteiger partial charge in [0.05, 0.1) is 0 Å². The minimum absolute atomic E-state index is 0.435. The zero-order chi connectivity index (χ0) is 13.8. The molecule has 0 saturated carbocycles. The molecule has 2 heteroatoms. The molecule has 0 amide bonds. The molecule has 0 radical (unpaired) electrons. The van der Waals surface area contributed by atoms with Crippen molar-refractivity contribution in [1.29, 1.82) is 0 Å². The van der Waals surface area contributed by atoms with Gasteiger partial charge in [-0.3, -0.25) is 0 Å². The van der Waals surface area contributed by atoms with E-state index in [1.165, 1.54) is 0 Å². The van der Waals surface area contributed by atoms with E-state index in [-0.39, 0.29) is 0 Å². The molecule has 1 N–H and O–H groups in total. The van der Waals surface area contributed by atoms with E-state index in [1.807, 2.05) is 72.8 Å². The molecule has 3 rings (SSSR count). The van der Waals surface area contributed by atoms with Crippen molar-refractivity contribution in [1.82, 2.24) is 0 Å². The number of aliphatic hydroxyl groups is 1. The molecule has 0 fully saturated rings. The Bertz CT molecular complexity index is 680. The summed E-state index contributed by atoms with van der Waals surface area (Å²) in [6, 6.07) is 19.9. The fourth-order valence-electron chi connectivity index (χ4n) is 2.13. The first-order valence-corrected chi connectivity index (χ1v) is 6.43. The number of rotatable bonds is 2. The van der Waals surface area contributed by atoms with Crippen molar-refractivity contribution in [3.05, 3.63) is 96.0 Å². The summed E-state index contributed by atoms with van der Waals surface area (Å²) in [5.41, 5.74) is 3.08. The van der Waals surface area contributed by atoms with Crippen LogP contribution in [0.3, 0.4) is 0 Å². The second-order valence-electron chi connectivity index (χ2n) is 4.47. The molecule has 2 nitrogen and oxygen atoms in total. The van der Waals surface area contributed by atoms with Gasteiger partial charge in [0.1, 0.15) is 12.0 Å². The van der Waals surface area contributed by atoms with Crippen LogP contribution in [0.15, 0.2) is 84.8 Å². The van der Waals surface area contributed by atoms with Gasteiger partial charge in [-0.05, 0) is 23.3 Å². The molecule has 1 heterocycles. The van der Waals surface area contributed by atoms with E-state index >= 15 is 0 Å². The Morgan fingerprint density at radius 3 is 1.95 bits per heavy atom. The monoisotopic (exact) mass is 262 g/mol. The van der Waals surface area contributed by atoms with Crippen LogP contribution in [-0.4, -0.2) is 5.11 Å².